The zero-order valence-electron chi connectivity index (χ0n) is 10.7. The minimum absolute atomic E-state index is 0.195. The fourth-order valence-corrected chi connectivity index (χ4v) is 3.30. The van der Waals surface area contributed by atoms with Crippen LogP contribution in [0.1, 0.15) is 5.56 Å². The average molecular weight is 415 g/mol. The van der Waals surface area contributed by atoms with Crippen molar-refractivity contribution in [3.63, 3.8) is 0 Å². The van der Waals surface area contributed by atoms with Crippen LogP contribution in [0.15, 0.2) is 51.8 Å². The normalized spacial score (nSPS) is 12.2. The van der Waals surface area contributed by atoms with Gasteiger partial charge in [-0.05, 0) is 42.5 Å². The van der Waals surface area contributed by atoms with Crippen LogP contribution in [0.2, 0.25) is 5.02 Å². The first-order chi connectivity index (χ1) is 10.1. The Hall–Kier alpha value is -1.25. The number of anilines is 1. The molecular weight excluding hydrogens is 407 g/mol. The second-order valence-corrected chi connectivity index (χ2v) is 7.22. The van der Waals surface area contributed by atoms with Gasteiger partial charge in [-0.1, -0.05) is 27.5 Å². The van der Waals surface area contributed by atoms with Crippen molar-refractivity contribution in [2.24, 2.45) is 0 Å². The van der Waals surface area contributed by atoms with Crippen LogP contribution in [-0.4, -0.2) is 8.42 Å². The van der Waals surface area contributed by atoms with Crippen LogP contribution < -0.4 is 4.72 Å². The topological polar surface area (TPSA) is 46.2 Å². The second-order valence-electron chi connectivity index (χ2n) is 4.25. The molecule has 1 N–H and O–H groups in total. The number of nitrogens with one attached hydrogen (secondary N) is 1. The van der Waals surface area contributed by atoms with Crippen LogP contribution in [0.5, 0.6) is 0 Å². The summed E-state index contributed by atoms with van der Waals surface area (Å²) in [5, 5.41) is 0.408. The molecule has 2 aromatic rings. The molecule has 0 unspecified atom stereocenters. The molecule has 3 nitrogen and oxygen atoms in total. The van der Waals surface area contributed by atoms with E-state index in [2.05, 4.69) is 20.7 Å². The standard InChI is InChI=1S/C13H8BrClF3NO2S/c14-12-6-5-10(7-11(12)13(16,17)18)22(20,21)19-9-3-1-8(15)2-4-9/h1-7,19H. The minimum Gasteiger partial charge on any atom is -0.280 e. The first-order valence-electron chi connectivity index (χ1n) is 5.75. The lowest BCUT2D eigenvalue weighted by Gasteiger charge is -2.12. The second kappa shape index (κ2) is 6.10. The summed E-state index contributed by atoms with van der Waals surface area (Å²) >= 11 is 8.44. The highest BCUT2D eigenvalue weighted by Crippen LogP contribution is 2.36. The van der Waals surface area contributed by atoms with E-state index < -0.39 is 26.7 Å². The van der Waals surface area contributed by atoms with Crippen molar-refractivity contribution in [1.29, 1.82) is 0 Å². The highest BCUT2D eigenvalue weighted by Gasteiger charge is 2.34. The lowest BCUT2D eigenvalue weighted by atomic mass is 10.2. The van der Waals surface area contributed by atoms with Gasteiger partial charge in [0.05, 0.1) is 10.5 Å². The Morgan fingerprint density at radius 1 is 1.05 bits per heavy atom. The van der Waals surface area contributed by atoms with Crippen molar-refractivity contribution in [2.75, 3.05) is 4.72 Å². The molecule has 0 aromatic heterocycles. The molecule has 0 fully saturated rings. The molecule has 0 atom stereocenters. The number of halogens is 5. The molecule has 2 rings (SSSR count). The van der Waals surface area contributed by atoms with E-state index in [1.807, 2.05) is 0 Å². The van der Waals surface area contributed by atoms with Crippen molar-refractivity contribution in [3.05, 3.63) is 57.5 Å². The zero-order chi connectivity index (χ0) is 16.5. The van der Waals surface area contributed by atoms with Gasteiger partial charge in [-0.2, -0.15) is 13.2 Å². The Bertz CT molecular complexity index is 792. The monoisotopic (exact) mass is 413 g/mol. The van der Waals surface area contributed by atoms with Crippen LogP contribution in [0.3, 0.4) is 0 Å². The minimum atomic E-state index is -4.66. The summed E-state index contributed by atoms with van der Waals surface area (Å²) in [5.41, 5.74) is -0.868. The quantitative estimate of drug-likeness (QED) is 0.775. The van der Waals surface area contributed by atoms with Gasteiger partial charge in [-0.3, -0.25) is 4.72 Å². The van der Waals surface area contributed by atoms with Crippen LogP contribution in [0.25, 0.3) is 0 Å². The Balaban J connectivity index is 2.39. The van der Waals surface area contributed by atoms with Crippen molar-refractivity contribution in [1.82, 2.24) is 0 Å². The predicted octanol–water partition coefficient (Wildman–Crippen LogP) is 4.92. The van der Waals surface area contributed by atoms with Gasteiger partial charge in [-0.15, -0.1) is 0 Å². The van der Waals surface area contributed by atoms with Gasteiger partial charge >= 0.3 is 6.18 Å². The van der Waals surface area contributed by atoms with Crippen LogP contribution >= 0.6 is 27.5 Å². The third-order valence-corrected chi connectivity index (χ3v) is 4.97. The third kappa shape index (κ3) is 3.93. The van der Waals surface area contributed by atoms with Crippen LogP contribution in [0, 0.1) is 0 Å². The van der Waals surface area contributed by atoms with Crippen LogP contribution in [-0.2, 0) is 16.2 Å². The zero-order valence-corrected chi connectivity index (χ0v) is 13.8. The fourth-order valence-electron chi connectivity index (χ4n) is 1.62. The Kier molecular flexibility index (Phi) is 4.74. The molecule has 0 aliphatic rings. The maximum absolute atomic E-state index is 12.8. The van der Waals surface area contributed by atoms with E-state index in [1.165, 1.54) is 24.3 Å². The summed E-state index contributed by atoms with van der Waals surface area (Å²) in [4.78, 5) is -0.488. The molecule has 0 aliphatic carbocycles. The van der Waals surface area contributed by atoms with E-state index in [1.54, 1.807) is 0 Å². The molecular formula is C13H8BrClF3NO2S. The molecule has 118 valence electrons. The SMILES string of the molecule is O=S(=O)(Nc1ccc(Cl)cc1)c1ccc(Br)c(C(F)(F)F)c1. The van der Waals surface area contributed by atoms with E-state index in [4.69, 9.17) is 11.6 Å². The van der Waals surface area contributed by atoms with Crippen LogP contribution in [0.4, 0.5) is 18.9 Å². The summed E-state index contributed by atoms with van der Waals surface area (Å²) in [6.45, 7) is 0. The molecule has 0 heterocycles. The van der Waals surface area contributed by atoms with Crippen molar-refractivity contribution >= 4 is 43.2 Å². The van der Waals surface area contributed by atoms with E-state index in [9.17, 15) is 21.6 Å². The lowest BCUT2D eigenvalue weighted by molar-refractivity contribution is -0.138. The van der Waals surface area contributed by atoms with E-state index in [0.717, 1.165) is 12.1 Å². The van der Waals surface area contributed by atoms with E-state index >= 15 is 0 Å². The van der Waals surface area contributed by atoms with Crippen molar-refractivity contribution in [3.8, 4) is 0 Å². The first-order valence-corrected chi connectivity index (χ1v) is 8.40. The highest BCUT2D eigenvalue weighted by atomic mass is 79.9. The van der Waals surface area contributed by atoms with Crippen molar-refractivity contribution in [2.45, 2.75) is 11.1 Å². The molecule has 0 amide bonds. The number of sulfonamides is 1. The van der Waals surface area contributed by atoms with Crippen molar-refractivity contribution < 1.29 is 21.6 Å². The first kappa shape index (κ1) is 17.1. The predicted molar refractivity (Wildman–Crippen MR) is 81.4 cm³/mol. The maximum Gasteiger partial charge on any atom is 0.417 e. The lowest BCUT2D eigenvalue weighted by Crippen LogP contribution is -2.15. The number of hydrogen-bond donors (Lipinski definition) is 1. The smallest absolute Gasteiger partial charge is 0.280 e. The van der Waals surface area contributed by atoms with E-state index in [-0.39, 0.29) is 10.2 Å². The molecule has 0 saturated heterocycles. The van der Waals surface area contributed by atoms with Gasteiger partial charge in [0.15, 0.2) is 0 Å². The van der Waals surface area contributed by atoms with Gasteiger partial charge in [0.25, 0.3) is 10.0 Å². The number of hydrogen-bond acceptors (Lipinski definition) is 2. The summed E-state index contributed by atoms with van der Waals surface area (Å²) in [6.07, 6.45) is -4.66. The number of rotatable bonds is 3. The highest BCUT2D eigenvalue weighted by molar-refractivity contribution is 9.10. The Morgan fingerprint density at radius 3 is 2.18 bits per heavy atom. The average Bonchev–Trinajstić information content (AvgIpc) is 2.40. The molecule has 9 heteroatoms. The van der Waals surface area contributed by atoms with Gasteiger partial charge < -0.3 is 0 Å². The van der Waals surface area contributed by atoms with E-state index in [0.29, 0.717) is 11.1 Å². The van der Waals surface area contributed by atoms with Gasteiger partial charge in [-0.25, -0.2) is 8.42 Å². The summed E-state index contributed by atoms with van der Waals surface area (Å²) < 4.78 is 64.7. The molecule has 0 spiro atoms. The van der Waals surface area contributed by atoms with Gasteiger partial charge in [0.2, 0.25) is 0 Å². The molecule has 2 aromatic carbocycles. The molecule has 0 aliphatic heterocycles. The third-order valence-electron chi connectivity index (χ3n) is 2.65. The Labute approximate surface area is 138 Å². The Morgan fingerprint density at radius 2 is 1.64 bits per heavy atom. The maximum atomic E-state index is 12.8. The summed E-state index contributed by atoms with van der Waals surface area (Å²) in [7, 11) is -4.14. The molecule has 22 heavy (non-hydrogen) atoms. The number of alkyl halides is 3. The molecule has 0 saturated carbocycles. The summed E-state index contributed by atoms with van der Waals surface area (Å²) in [6, 6.07) is 8.43. The fraction of sp³-hybridized carbons (Fsp3) is 0.0769. The van der Waals surface area contributed by atoms with Gasteiger partial charge in [0.1, 0.15) is 0 Å². The largest absolute Gasteiger partial charge is 0.417 e. The molecule has 0 bridgehead atoms. The summed E-state index contributed by atoms with van der Waals surface area (Å²) in [5.74, 6) is 0. The van der Waals surface area contributed by atoms with Gasteiger partial charge in [0, 0.05) is 15.2 Å². The number of benzene rings is 2. The molecule has 0 radical (unpaired) electrons.